The summed E-state index contributed by atoms with van der Waals surface area (Å²) in [6, 6.07) is 6.42. The lowest BCUT2D eigenvalue weighted by atomic mass is 10.2. The molecule has 0 saturated carbocycles. The normalized spacial score (nSPS) is 19.8. The minimum atomic E-state index is 0. The number of likely N-dealkylation sites (tertiary alicyclic amines) is 1. The van der Waals surface area contributed by atoms with Crippen LogP contribution in [-0.4, -0.2) is 31.1 Å². The number of nitrogens with one attached hydrogen (secondary N) is 1. The van der Waals surface area contributed by atoms with Crippen LogP contribution in [-0.2, 0) is 6.54 Å². The Morgan fingerprint density at radius 2 is 1.94 bits per heavy atom. The van der Waals surface area contributed by atoms with E-state index in [1.165, 1.54) is 18.4 Å². The second kappa shape index (κ2) is 7.56. The van der Waals surface area contributed by atoms with Crippen LogP contribution in [0.15, 0.2) is 18.2 Å². The predicted octanol–water partition coefficient (Wildman–Crippen LogP) is 3.60. The Labute approximate surface area is 125 Å². The van der Waals surface area contributed by atoms with E-state index in [-0.39, 0.29) is 12.4 Å². The van der Waals surface area contributed by atoms with Crippen molar-refractivity contribution in [2.45, 2.75) is 25.4 Å². The van der Waals surface area contributed by atoms with Crippen molar-refractivity contribution >= 4 is 35.6 Å². The summed E-state index contributed by atoms with van der Waals surface area (Å²) in [5.41, 5.74) is 1.20. The molecule has 5 heteroatoms. The summed E-state index contributed by atoms with van der Waals surface area (Å²) in [4.78, 5) is 2.50. The Hall–Kier alpha value is 0.01000. The summed E-state index contributed by atoms with van der Waals surface area (Å²) in [5, 5.41) is 4.69. The van der Waals surface area contributed by atoms with E-state index in [1.54, 1.807) is 6.07 Å². The second-order valence-electron chi connectivity index (χ2n) is 4.60. The molecule has 1 unspecified atom stereocenters. The molecule has 102 valence electrons. The number of nitrogens with zero attached hydrogens (tertiary/aromatic N) is 1. The highest BCUT2D eigenvalue weighted by atomic mass is 35.5. The van der Waals surface area contributed by atoms with Crippen molar-refractivity contribution in [3.8, 4) is 0 Å². The first kappa shape index (κ1) is 16.1. The van der Waals surface area contributed by atoms with Gasteiger partial charge in [-0.3, -0.25) is 4.90 Å². The molecule has 1 heterocycles. The van der Waals surface area contributed by atoms with Crippen LogP contribution in [0, 0.1) is 0 Å². The topological polar surface area (TPSA) is 15.3 Å². The zero-order chi connectivity index (χ0) is 12.3. The third kappa shape index (κ3) is 4.29. The Morgan fingerprint density at radius 3 is 2.56 bits per heavy atom. The largest absolute Gasteiger partial charge is 0.318 e. The van der Waals surface area contributed by atoms with Crippen molar-refractivity contribution in [2.24, 2.45) is 0 Å². The average Bonchev–Trinajstić information content (AvgIpc) is 2.65. The van der Waals surface area contributed by atoms with Crippen LogP contribution < -0.4 is 5.32 Å². The molecule has 1 fully saturated rings. The predicted molar refractivity (Wildman–Crippen MR) is 81.1 cm³/mol. The lowest BCUT2D eigenvalue weighted by Gasteiger charge is -2.24. The van der Waals surface area contributed by atoms with Crippen LogP contribution >= 0.6 is 35.6 Å². The molecule has 0 aliphatic carbocycles. The minimum absolute atomic E-state index is 0. The SMILES string of the molecule is CNCC1CCCN1Cc1cc(Cl)cc(Cl)c1.Cl. The molecule has 1 aromatic rings. The van der Waals surface area contributed by atoms with Gasteiger partial charge in [0.15, 0.2) is 0 Å². The van der Waals surface area contributed by atoms with Gasteiger partial charge in [0, 0.05) is 29.2 Å². The monoisotopic (exact) mass is 308 g/mol. The van der Waals surface area contributed by atoms with Gasteiger partial charge in [-0.1, -0.05) is 23.2 Å². The first-order valence-corrected chi connectivity index (χ1v) is 6.78. The summed E-state index contributed by atoms with van der Waals surface area (Å²) in [6.07, 6.45) is 2.55. The summed E-state index contributed by atoms with van der Waals surface area (Å²) in [6.45, 7) is 3.15. The molecule has 1 aromatic carbocycles. The van der Waals surface area contributed by atoms with E-state index in [0.29, 0.717) is 6.04 Å². The van der Waals surface area contributed by atoms with Crippen LogP contribution in [0.2, 0.25) is 10.0 Å². The molecule has 1 N–H and O–H groups in total. The molecule has 2 rings (SSSR count). The average molecular weight is 310 g/mol. The highest BCUT2D eigenvalue weighted by Gasteiger charge is 2.23. The van der Waals surface area contributed by atoms with E-state index >= 15 is 0 Å². The summed E-state index contributed by atoms with van der Waals surface area (Å²) >= 11 is 12.0. The zero-order valence-electron chi connectivity index (χ0n) is 10.5. The van der Waals surface area contributed by atoms with Gasteiger partial charge in [-0.25, -0.2) is 0 Å². The van der Waals surface area contributed by atoms with Gasteiger partial charge < -0.3 is 5.32 Å². The molecule has 1 saturated heterocycles. The van der Waals surface area contributed by atoms with Crippen LogP contribution in [0.4, 0.5) is 0 Å². The highest BCUT2D eigenvalue weighted by molar-refractivity contribution is 6.34. The molecule has 1 atom stereocenters. The maximum atomic E-state index is 6.02. The van der Waals surface area contributed by atoms with Gasteiger partial charge >= 0.3 is 0 Å². The fourth-order valence-corrected chi connectivity index (χ4v) is 3.08. The van der Waals surface area contributed by atoms with Crippen molar-refractivity contribution < 1.29 is 0 Å². The van der Waals surface area contributed by atoms with E-state index in [4.69, 9.17) is 23.2 Å². The van der Waals surface area contributed by atoms with Gasteiger partial charge in [-0.15, -0.1) is 12.4 Å². The van der Waals surface area contributed by atoms with Crippen molar-refractivity contribution in [3.05, 3.63) is 33.8 Å². The van der Waals surface area contributed by atoms with Gasteiger partial charge in [0.05, 0.1) is 0 Å². The number of hydrogen-bond donors (Lipinski definition) is 1. The molecule has 1 aliphatic rings. The third-order valence-corrected chi connectivity index (χ3v) is 3.68. The molecule has 2 nitrogen and oxygen atoms in total. The second-order valence-corrected chi connectivity index (χ2v) is 5.47. The molecule has 0 radical (unpaired) electrons. The Balaban J connectivity index is 0.00000162. The maximum absolute atomic E-state index is 6.02. The molecule has 0 aromatic heterocycles. The molecule has 0 spiro atoms. The van der Waals surface area contributed by atoms with Gasteiger partial charge in [0.2, 0.25) is 0 Å². The fraction of sp³-hybridized carbons (Fsp3) is 0.538. The van der Waals surface area contributed by atoms with E-state index in [0.717, 1.165) is 29.7 Å². The van der Waals surface area contributed by atoms with Crippen molar-refractivity contribution in [2.75, 3.05) is 20.1 Å². The van der Waals surface area contributed by atoms with Crippen molar-refractivity contribution in [1.29, 1.82) is 0 Å². The van der Waals surface area contributed by atoms with Crippen LogP contribution in [0.5, 0.6) is 0 Å². The van der Waals surface area contributed by atoms with E-state index < -0.39 is 0 Å². The molecular weight excluding hydrogens is 291 g/mol. The van der Waals surface area contributed by atoms with Gasteiger partial charge in [0.25, 0.3) is 0 Å². The molecule has 0 amide bonds. The van der Waals surface area contributed by atoms with E-state index in [2.05, 4.69) is 10.2 Å². The number of hydrogen-bond acceptors (Lipinski definition) is 2. The zero-order valence-corrected chi connectivity index (χ0v) is 12.8. The number of benzene rings is 1. The molecule has 18 heavy (non-hydrogen) atoms. The molecule has 0 bridgehead atoms. The fourth-order valence-electron chi connectivity index (χ4n) is 2.51. The first-order chi connectivity index (χ1) is 8.19. The first-order valence-electron chi connectivity index (χ1n) is 6.02. The van der Waals surface area contributed by atoms with Crippen LogP contribution in [0.3, 0.4) is 0 Å². The van der Waals surface area contributed by atoms with Gasteiger partial charge in [-0.2, -0.15) is 0 Å². The van der Waals surface area contributed by atoms with Gasteiger partial charge in [0.1, 0.15) is 0 Å². The smallest absolute Gasteiger partial charge is 0.0424 e. The Kier molecular flexibility index (Phi) is 6.75. The van der Waals surface area contributed by atoms with Crippen molar-refractivity contribution in [1.82, 2.24) is 10.2 Å². The third-order valence-electron chi connectivity index (χ3n) is 3.25. The summed E-state index contributed by atoms with van der Waals surface area (Å²) in [7, 11) is 2.01. The lowest BCUT2D eigenvalue weighted by Crippen LogP contribution is -2.36. The quantitative estimate of drug-likeness (QED) is 0.914. The molecular formula is C13H19Cl3N2. The van der Waals surface area contributed by atoms with Crippen LogP contribution in [0.25, 0.3) is 0 Å². The lowest BCUT2D eigenvalue weighted by molar-refractivity contribution is 0.242. The summed E-state index contributed by atoms with van der Waals surface area (Å²) in [5.74, 6) is 0. The van der Waals surface area contributed by atoms with Gasteiger partial charge in [-0.05, 0) is 50.2 Å². The van der Waals surface area contributed by atoms with E-state index in [9.17, 15) is 0 Å². The Bertz CT molecular complexity index is 364. The van der Waals surface area contributed by atoms with E-state index in [1.807, 2.05) is 19.2 Å². The summed E-state index contributed by atoms with van der Waals surface area (Å²) < 4.78 is 0. The number of halogens is 3. The standard InChI is InChI=1S/C13H18Cl2N2.ClH/c1-16-8-13-3-2-4-17(13)9-10-5-11(14)7-12(15)6-10;/h5-7,13,16H,2-4,8-9H2,1H3;1H. The highest BCUT2D eigenvalue weighted by Crippen LogP contribution is 2.23. The van der Waals surface area contributed by atoms with Crippen molar-refractivity contribution in [3.63, 3.8) is 0 Å². The molecule has 1 aliphatic heterocycles. The Morgan fingerprint density at radius 1 is 1.28 bits per heavy atom. The number of rotatable bonds is 4. The maximum Gasteiger partial charge on any atom is 0.0424 e. The van der Waals surface area contributed by atoms with Crippen LogP contribution in [0.1, 0.15) is 18.4 Å². The minimum Gasteiger partial charge on any atom is -0.318 e. The number of likely N-dealkylation sites (N-methyl/N-ethyl adjacent to an activating group) is 1.